The maximum Gasteiger partial charge on any atom is 0.511 e. The smallest absolute Gasteiger partial charge is 0.497 e. The number of nitrogens with one attached hydrogen (secondary N) is 1. The summed E-state index contributed by atoms with van der Waals surface area (Å²) < 4.78 is 31.9. The van der Waals surface area contributed by atoms with Crippen LogP contribution in [0.25, 0.3) is 5.57 Å². The second-order valence-electron chi connectivity index (χ2n) is 10.2. The molecule has 0 bridgehead atoms. The van der Waals surface area contributed by atoms with Crippen molar-refractivity contribution < 1.29 is 42.8 Å². The molecule has 2 aliphatic rings. The number of methoxy groups -OCH3 is 1. The zero-order chi connectivity index (χ0) is 28.7. The normalized spacial score (nSPS) is 19.1. The van der Waals surface area contributed by atoms with Gasteiger partial charge in [0, 0.05) is 19.0 Å². The number of carbonyl (C=O) groups excluding carboxylic acids is 3. The first kappa shape index (κ1) is 30.1. The molecule has 2 unspecified atom stereocenters. The summed E-state index contributed by atoms with van der Waals surface area (Å²) in [5.41, 5.74) is 2.00. The Morgan fingerprint density at radius 2 is 1.90 bits per heavy atom. The molecular weight excluding hydrogens is 508 g/mol. The summed E-state index contributed by atoms with van der Waals surface area (Å²) in [7, 11) is 1.55. The van der Waals surface area contributed by atoms with E-state index in [1.54, 1.807) is 46.1 Å². The van der Waals surface area contributed by atoms with Crippen molar-refractivity contribution in [2.24, 2.45) is 5.92 Å². The Hall–Kier alpha value is -3.44. The standard InChI is InChI=1S/C28H38N2O9/c1-16(2)23(34-7)12-17(3)21-10-11-22(25(31)29-13-19-8-9-19)30-24(21)26(32)37-18(4)38-27(33)35-14-20-15-36-28(5,6)39-20/h10-12,18-20H,8-9,13-15H2,1-7H3,(H,29,31)/b17-12+. The summed E-state index contributed by atoms with van der Waals surface area (Å²) in [5.74, 6) is -0.911. The van der Waals surface area contributed by atoms with E-state index in [-0.39, 0.29) is 30.5 Å². The van der Waals surface area contributed by atoms with E-state index >= 15 is 0 Å². The van der Waals surface area contributed by atoms with Gasteiger partial charge in [-0.15, -0.1) is 0 Å². The fourth-order valence-corrected chi connectivity index (χ4v) is 3.80. The average Bonchev–Trinajstić information content (AvgIpc) is 3.64. The number of hydrogen-bond donors (Lipinski definition) is 1. The van der Waals surface area contributed by atoms with Gasteiger partial charge >= 0.3 is 12.1 Å². The van der Waals surface area contributed by atoms with Crippen molar-refractivity contribution in [3.05, 3.63) is 46.5 Å². The van der Waals surface area contributed by atoms with Crippen LogP contribution in [0.2, 0.25) is 0 Å². The molecule has 2 heterocycles. The highest BCUT2D eigenvalue weighted by Crippen LogP contribution is 2.28. The molecule has 2 atom stereocenters. The number of nitrogens with zero attached hydrogens (tertiary/aromatic N) is 1. The number of amides is 1. The summed E-state index contributed by atoms with van der Waals surface area (Å²) in [6, 6.07) is 3.18. The molecule has 3 rings (SSSR count). The zero-order valence-electron chi connectivity index (χ0n) is 23.6. The third-order valence-electron chi connectivity index (χ3n) is 6.04. The largest absolute Gasteiger partial charge is 0.511 e. The van der Waals surface area contributed by atoms with E-state index in [9.17, 15) is 14.4 Å². The first-order valence-electron chi connectivity index (χ1n) is 12.9. The lowest BCUT2D eigenvalue weighted by molar-refractivity contribution is -0.145. The minimum atomic E-state index is -1.29. The van der Waals surface area contributed by atoms with Crippen LogP contribution in [0.3, 0.4) is 0 Å². The molecule has 2 fully saturated rings. The number of hydrogen-bond acceptors (Lipinski definition) is 10. The van der Waals surface area contributed by atoms with Gasteiger partial charge in [-0.3, -0.25) is 4.79 Å². The van der Waals surface area contributed by atoms with Crippen LogP contribution in [0.4, 0.5) is 4.79 Å². The minimum absolute atomic E-state index is 0.0722. The first-order valence-corrected chi connectivity index (χ1v) is 12.9. The molecule has 0 radical (unpaired) electrons. The van der Waals surface area contributed by atoms with E-state index in [4.69, 9.17) is 28.4 Å². The highest BCUT2D eigenvalue weighted by atomic mass is 16.8. The van der Waals surface area contributed by atoms with E-state index in [0.717, 1.165) is 18.4 Å². The minimum Gasteiger partial charge on any atom is -0.497 e. The predicted molar refractivity (Wildman–Crippen MR) is 141 cm³/mol. The monoisotopic (exact) mass is 546 g/mol. The second kappa shape index (κ2) is 13.1. The molecule has 1 saturated heterocycles. The number of esters is 1. The first-order chi connectivity index (χ1) is 18.4. The van der Waals surface area contributed by atoms with Crippen LogP contribution < -0.4 is 5.32 Å². The van der Waals surface area contributed by atoms with E-state index in [1.807, 2.05) is 13.8 Å². The van der Waals surface area contributed by atoms with Gasteiger partial charge in [-0.05, 0) is 82.7 Å². The van der Waals surface area contributed by atoms with Gasteiger partial charge in [0.2, 0.25) is 6.29 Å². The molecule has 0 spiro atoms. The summed E-state index contributed by atoms with van der Waals surface area (Å²) in [6.07, 6.45) is 1.18. The molecule has 1 aromatic heterocycles. The van der Waals surface area contributed by atoms with Crippen molar-refractivity contribution in [2.75, 3.05) is 26.9 Å². The van der Waals surface area contributed by atoms with Crippen LogP contribution in [0.15, 0.2) is 29.5 Å². The van der Waals surface area contributed by atoms with Gasteiger partial charge in [0.1, 0.15) is 24.2 Å². The summed E-state index contributed by atoms with van der Waals surface area (Å²) in [6.45, 7) is 11.2. The number of ether oxygens (including phenoxy) is 6. The predicted octanol–water partition coefficient (Wildman–Crippen LogP) is 4.37. The van der Waals surface area contributed by atoms with Crippen LogP contribution in [-0.2, 0) is 28.4 Å². The van der Waals surface area contributed by atoms with E-state index < -0.39 is 30.3 Å². The molecule has 11 heteroatoms. The van der Waals surface area contributed by atoms with Crippen LogP contribution in [0.5, 0.6) is 0 Å². The lowest BCUT2D eigenvalue weighted by Gasteiger charge is -2.18. The van der Waals surface area contributed by atoms with Crippen LogP contribution in [-0.4, -0.2) is 68.1 Å². The Labute approximate surface area is 228 Å². The van der Waals surface area contributed by atoms with Gasteiger partial charge in [-0.1, -0.05) is 0 Å². The lowest BCUT2D eigenvalue weighted by atomic mass is 10.0. The number of carbonyl (C=O) groups is 3. The molecule has 1 aromatic rings. The Balaban J connectivity index is 1.72. The molecule has 11 nitrogen and oxygen atoms in total. The highest BCUT2D eigenvalue weighted by molar-refractivity contribution is 5.97. The van der Waals surface area contributed by atoms with E-state index in [2.05, 4.69) is 10.3 Å². The van der Waals surface area contributed by atoms with Crippen LogP contribution in [0.1, 0.15) is 80.9 Å². The van der Waals surface area contributed by atoms with E-state index in [1.165, 1.54) is 6.92 Å². The van der Waals surface area contributed by atoms with Crippen LogP contribution in [0, 0.1) is 5.92 Å². The Kier molecular flexibility index (Phi) is 10.1. The van der Waals surface area contributed by atoms with Gasteiger partial charge in [-0.25, -0.2) is 14.6 Å². The molecule has 1 aliphatic heterocycles. The van der Waals surface area contributed by atoms with E-state index in [0.29, 0.717) is 29.4 Å². The van der Waals surface area contributed by atoms with Crippen molar-refractivity contribution in [1.82, 2.24) is 10.3 Å². The van der Waals surface area contributed by atoms with Crippen molar-refractivity contribution >= 4 is 23.6 Å². The van der Waals surface area contributed by atoms with Crippen LogP contribution >= 0.6 is 0 Å². The molecule has 1 aliphatic carbocycles. The number of pyridine rings is 1. The van der Waals surface area contributed by atoms with Gasteiger partial charge in [0.25, 0.3) is 5.91 Å². The second-order valence-corrected chi connectivity index (χ2v) is 10.2. The molecule has 214 valence electrons. The molecule has 1 amide bonds. The Bertz CT molecular complexity index is 1130. The number of allylic oxidation sites excluding steroid dienone is 3. The fourth-order valence-electron chi connectivity index (χ4n) is 3.80. The van der Waals surface area contributed by atoms with Gasteiger partial charge in [-0.2, -0.15) is 0 Å². The average molecular weight is 547 g/mol. The molecule has 0 aromatic carbocycles. The summed E-state index contributed by atoms with van der Waals surface area (Å²) in [4.78, 5) is 42.3. The van der Waals surface area contributed by atoms with Crippen molar-refractivity contribution in [2.45, 2.75) is 72.6 Å². The zero-order valence-corrected chi connectivity index (χ0v) is 23.6. The lowest BCUT2D eigenvalue weighted by Crippen LogP contribution is -2.29. The van der Waals surface area contributed by atoms with Crippen molar-refractivity contribution in [3.8, 4) is 0 Å². The third kappa shape index (κ3) is 9.07. The maximum absolute atomic E-state index is 13.2. The van der Waals surface area contributed by atoms with Crippen molar-refractivity contribution in [1.29, 1.82) is 0 Å². The SMILES string of the molecule is COC(/C=C(\C)c1ccc(C(=O)NCC2CC2)nc1C(=O)OC(C)OC(=O)OCC1COC(C)(C)O1)=C(C)C. The summed E-state index contributed by atoms with van der Waals surface area (Å²) >= 11 is 0. The molecule has 1 N–H and O–H groups in total. The topological polar surface area (TPSA) is 132 Å². The van der Waals surface area contributed by atoms with Gasteiger partial charge < -0.3 is 33.7 Å². The number of aromatic nitrogens is 1. The molecular formula is C28H38N2O9. The fraction of sp³-hybridized carbons (Fsp3) is 0.571. The molecule has 39 heavy (non-hydrogen) atoms. The summed E-state index contributed by atoms with van der Waals surface area (Å²) in [5, 5.41) is 2.84. The third-order valence-corrected chi connectivity index (χ3v) is 6.04. The van der Waals surface area contributed by atoms with Gasteiger partial charge in [0.15, 0.2) is 11.5 Å². The van der Waals surface area contributed by atoms with Gasteiger partial charge in [0.05, 0.1) is 13.7 Å². The number of rotatable bonds is 11. The Morgan fingerprint density at radius 1 is 1.18 bits per heavy atom. The van der Waals surface area contributed by atoms with Crippen molar-refractivity contribution in [3.63, 3.8) is 0 Å². The highest BCUT2D eigenvalue weighted by Gasteiger charge is 2.33. The maximum atomic E-state index is 13.2. The quantitative estimate of drug-likeness (QED) is 0.185. The Morgan fingerprint density at radius 3 is 2.49 bits per heavy atom. The molecule has 1 saturated carbocycles.